The summed E-state index contributed by atoms with van der Waals surface area (Å²) in [7, 11) is 1.72. The second-order valence-electron chi connectivity index (χ2n) is 5.13. The van der Waals surface area contributed by atoms with E-state index < -0.39 is 0 Å². The van der Waals surface area contributed by atoms with Gasteiger partial charge in [-0.15, -0.1) is 0 Å². The number of hydrogen-bond donors (Lipinski definition) is 3. The maximum atomic E-state index is 5.41. The Bertz CT molecular complexity index is 236. The first-order valence-corrected chi connectivity index (χ1v) is 5.84. The van der Waals surface area contributed by atoms with Crippen molar-refractivity contribution in [2.24, 2.45) is 16.3 Å². The highest BCUT2D eigenvalue weighted by Gasteiger charge is 2.23. The third-order valence-corrected chi connectivity index (χ3v) is 2.70. The maximum Gasteiger partial charge on any atom is 0.205 e. The molecule has 16 heavy (non-hydrogen) atoms. The highest BCUT2D eigenvalue weighted by Crippen LogP contribution is 2.21. The molecule has 0 aromatic rings. The number of guanidine groups is 1. The summed E-state index contributed by atoms with van der Waals surface area (Å²) in [4.78, 5) is 4.46. The van der Waals surface area contributed by atoms with Gasteiger partial charge in [0.25, 0.3) is 0 Å². The number of hydrazine groups is 1. The lowest BCUT2D eigenvalue weighted by Crippen LogP contribution is -2.43. The van der Waals surface area contributed by atoms with Gasteiger partial charge in [-0.3, -0.25) is 10.4 Å². The number of methoxy groups -OCH3 is 1. The van der Waals surface area contributed by atoms with Gasteiger partial charge in [0.1, 0.15) is 0 Å². The van der Waals surface area contributed by atoms with Gasteiger partial charge in [0.2, 0.25) is 5.96 Å². The monoisotopic (exact) mass is 228 g/mol. The fraction of sp³-hybridized carbons (Fsp3) is 0.909. The highest BCUT2D eigenvalue weighted by molar-refractivity contribution is 5.79. The molecule has 0 atom stereocenters. The van der Waals surface area contributed by atoms with Gasteiger partial charge < -0.3 is 10.1 Å². The normalized spacial score (nSPS) is 17.4. The quantitative estimate of drug-likeness (QED) is 0.270. The van der Waals surface area contributed by atoms with Crippen LogP contribution in [0.15, 0.2) is 4.99 Å². The molecule has 0 aromatic carbocycles. The zero-order valence-corrected chi connectivity index (χ0v) is 10.5. The molecular formula is C11H24N4O. The molecule has 0 aromatic heterocycles. The van der Waals surface area contributed by atoms with Crippen molar-refractivity contribution in [3.63, 3.8) is 0 Å². The third kappa shape index (κ3) is 5.32. The lowest BCUT2D eigenvalue weighted by atomic mass is 9.90. The van der Waals surface area contributed by atoms with Crippen molar-refractivity contribution in [1.29, 1.82) is 0 Å². The van der Waals surface area contributed by atoms with Crippen LogP contribution in [-0.2, 0) is 4.74 Å². The number of nitrogens with two attached hydrogens (primary N) is 1. The fourth-order valence-electron chi connectivity index (χ4n) is 1.30. The van der Waals surface area contributed by atoms with E-state index in [1.54, 1.807) is 7.11 Å². The van der Waals surface area contributed by atoms with E-state index in [-0.39, 0.29) is 5.41 Å². The number of rotatable bonds is 6. The molecular weight excluding hydrogens is 204 g/mol. The molecule has 1 aliphatic rings. The van der Waals surface area contributed by atoms with Gasteiger partial charge in [-0.2, -0.15) is 0 Å². The fourth-order valence-corrected chi connectivity index (χ4v) is 1.30. The molecule has 0 unspecified atom stereocenters. The molecule has 1 saturated carbocycles. The Balaban J connectivity index is 2.34. The minimum absolute atomic E-state index is 0.142. The summed E-state index contributed by atoms with van der Waals surface area (Å²) < 4.78 is 5.08. The van der Waals surface area contributed by atoms with Crippen molar-refractivity contribution in [2.45, 2.75) is 39.2 Å². The molecule has 5 heteroatoms. The van der Waals surface area contributed by atoms with E-state index in [2.05, 4.69) is 29.6 Å². The molecule has 1 aliphatic carbocycles. The first-order chi connectivity index (χ1) is 7.57. The highest BCUT2D eigenvalue weighted by atomic mass is 16.5. The van der Waals surface area contributed by atoms with Crippen LogP contribution in [-0.4, -0.2) is 32.3 Å². The van der Waals surface area contributed by atoms with Crippen molar-refractivity contribution in [3.8, 4) is 0 Å². The minimum atomic E-state index is 0.142. The van der Waals surface area contributed by atoms with E-state index in [1.807, 2.05) is 0 Å². The Kier molecular flexibility index (Phi) is 5.02. The number of aliphatic imine (C=N–C) groups is 1. The van der Waals surface area contributed by atoms with Gasteiger partial charge in [-0.1, -0.05) is 13.8 Å². The lowest BCUT2D eigenvalue weighted by Gasteiger charge is -2.22. The van der Waals surface area contributed by atoms with Gasteiger partial charge in [0.15, 0.2) is 0 Å². The zero-order valence-electron chi connectivity index (χ0n) is 10.5. The van der Waals surface area contributed by atoms with E-state index >= 15 is 0 Å². The summed E-state index contributed by atoms with van der Waals surface area (Å²) in [5.74, 6) is 6.11. The average Bonchev–Trinajstić information content (AvgIpc) is 3.05. The second kappa shape index (κ2) is 6.06. The molecule has 5 nitrogen and oxygen atoms in total. The van der Waals surface area contributed by atoms with Gasteiger partial charge in [0, 0.05) is 26.3 Å². The van der Waals surface area contributed by atoms with E-state index in [0.29, 0.717) is 12.0 Å². The smallest absolute Gasteiger partial charge is 0.205 e. The van der Waals surface area contributed by atoms with E-state index in [4.69, 9.17) is 10.6 Å². The first-order valence-electron chi connectivity index (χ1n) is 5.84. The summed E-state index contributed by atoms with van der Waals surface area (Å²) in [6.07, 6.45) is 3.43. The molecule has 0 aliphatic heterocycles. The summed E-state index contributed by atoms with van der Waals surface area (Å²) in [6, 6.07) is 0.567. The number of nitrogens with one attached hydrogen (secondary N) is 2. The summed E-state index contributed by atoms with van der Waals surface area (Å²) in [6.45, 7) is 5.88. The molecule has 0 amide bonds. The van der Waals surface area contributed by atoms with Gasteiger partial charge in [0.05, 0.1) is 0 Å². The van der Waals surface area contributed by atoms with Crippen LogP contribution in [0.5, 0.6) is 0 Å². The van der Waals surface area contributed by atoms with E-state index in [1.165, 1.54) is 12.8 Å². The van der Waals surface area contributed by atoms with Crippen LogP contribution in [0.4, 0.5) is 0 Å². The number of ether oxygens (including phenoxy) is 1. The molecule has 0 spiro atoms. The third-order valence-electron chi connectivity index (χ3n) is 2.70. The van der Waals surface area contributed by atoms with Crippen LogP contribution in [0.25, 0.3) is 0 Å². The van der Waals surface area contributed by atoms with Crippen LogP contribution in [0, 0.1) is 5.41 Å². The zero-order chi connectivity index (χ0) is 12.0. The van der Waals surface area contributed by atoms with Gasteiger partial charge in [-0.25, -0.2) is 5.84 Å². The standard InChI is InChI=1S/C11H24N4O/c1-11(2,6-7-16-3)8-13-10(15-12)14-9-4-5-9/h9H,4-8,12H2,1-3H3,(H2,13,14,15). The Labute approximate surface area is 97.8 Å². The van der Waals surface area contributed by atoms with Crippen molar-refractivity contribution in [1.82, 2.24) is 10.7 Å². The van der Waals surface area contributed by atoms with E-state index in [9.17, 15) is 0 Å². The summed E-state index contributed by atoms with van der Waals surface area (Å²) >= 11 is 0. The number of nitrogens with zero attached hydrogens (tertiary/aromatic N) is 1. The van der Waals surface area contributed by atoms with Crippen LogP contribution in [0.3, 0.4) is 0 Å². The number of hydrogen-bond acceptors (Lipinski definition) is 3. The predicted octanol–water partition coefficient (Wildman–Crippen LogP) is 0.620. The summed E-state index contributed by atoms with van der Waals surface area (Å²) in [5, 5.41) is 3.25. The molecule has 1 fully saturated rings. The minimum Gasteiger partial charge on any atom is -0.385 e. The average molecular weight is 228 g/mol. The predicted molar refractivity (Wildman–Crippen MR) is 66.1 cm³/mol. The van der Waals surface area contributed by atoms with Crippen LogP contribution < -0.4 is 16.6 Å². The Morgan fingerprint density at radius 1 is 1.50 bits per heavy atom. The topological polar surface area (TPSA) is 71.7 Å². The Hall–Kier alpha value is -0.810. The van der Waals surface area contributed by atoms with Crippen LogP contribution >= 0.6 is 0 Å². The largest absolute Gasteiger partial charge is 0.385 e. The molecule has 1 rings (SSSR count). The van der Waals surface area contributed by atoms with Gasteiger partial charge >= 0.3 is 0 Å². The molecule has 0 heterocycles. The van der Waals surface area contributed by atoms with Gasteiger partial charge in [-0.05, 0) is 24.7 Å². The van der Waals surface area contributed by atoms with Crippen molar-refractivity contribution < 1.29 is 4.74 Å². The molecule has 4 N–H and O–H groups in total. The van der Waals surface area contributed by atoms with Crippen LogP contribution in [0.2, 0.25) is 0 Å². The summed E-state index contributed by atoms with van der Waals surface area (Å²) in [5.41, 5.74) is 2.75. The SMILES string of the molecule is COCCC(C)(C)CN=C(NN)NC1CC1. The molecule has 0 saturated heterocycles. The molecule has 0 radical (unpaired) electrons. The first kappa shape index (κ1) is 13.3. The van der Waals surface area contributed by atoms with Crippen LogP contribution in [0.1, 0.15) is 33.1 Å². The molecule has 94 valence electrons. The Morgan fingerprint density at radius 2 is 2.19 bits per heavy atom. The van der Waals surface area contributed by atoms with Crippen molar-refractivity contribution in [2.75, 3.05) is 20.3 Å². The maximum absolute atomic E-state index is 5.41. The van der Waals surface area contributed by atoms with Crippen molar-refractivity contribution >= 4 is 5.96 Å². The lowest BCUT2D eigenvalue weighted by molar-refractivity contribution is 0.155. The molecule has 0 bridgehead atoms. The van der Waals surface area contributed by atoms with E-state index in [0.717, 1.165) is 19.6 Å². The Morgan fingerprint density at radius 3 is 2.69 bits per heavy atom. The van der Waals surface area contributed by atoms with Crippen molar-refractivity contribution in [3.05, 3.63) is 0 Å². The second-order valence-corrected chi connectivity index (χ2v) is 5.13.